The maximum Gasteiger partial charge on any atom is 0.331 e. The highest BCUT2D eigenvalue weighted by atomic mass is 32.2. The van der Waals surface area contributed by atoms with Crippen molar-refractivity contribution in [3.63, 3.8) is 0 Å². The minimum Gasteiger partial charge on any atom is -0.493 e. The van der Waals surface area contributed by atoms with Crippen molar-refractivity contribution in [2.45, 2.75) is 18.2 Å². The van der Waals surface area contributed by atoms with E-state index >= 15 is 0 Å². The van der Waals surface area contributed by atoms with Crippen LogP contribution in [0.4, 0.5) is 0 Å². The summed E-state index contributed by atoms with van der Waals surface area (Å²) in [6.45, 7) is 2.66. The molecule has 2 aromatic rings. The SMILES string of the molecule is CCOc1ccc(/C=C/C(=O)OCC(=O)NCCCSc2ccccc2)cc1OC. The maximum atomic E-state index is 11.8. The van der Waals surface area contributed by atoms with Crippen LogP contribution >= 0.6 is 11.8 Å². The van der Waals surface area contributed by atoms with Crippen molar-refractivity contribution in [2.75, 3.05) is 32.6 Å². The first-order valence-corrected chi connectivity index (χ1v) is 10.7. The number of thioether (sulfide) groups is 1. The van der Waals surface area contributed by atoms with Crippen molar-refractivity contribution < 1.29 is 23.8 Å². The minimum absolute atomic E-state index is 0.304. The Kier molecular flexibility index (Phi) is 10.4. The third kappa shape index (κ3) is 8.61. The van der Waals surface area contributed by atoms with Gasteiger partial charge in [-0.05, 0) is 55.0 Å². The van der Waals surface area contributed by atoms with Gasteiger partial charge in [0.05, 0.1) is 13.7 Å². The molecule has 0 heterocycles. The number of carbonyl (C=O) groups is 2. The Bertz CT molecular complexity index is 839. The van der Waals surface area contributed by atoms with Gasteiger partial charge in [-0.2, -0.15) is 0 Å². The largest absolute Gasteiger partial charge is 0.493 e. The molecule has 30 heavy (non-hydrogen) atoms. The Hall–Kier alpha value is -2.93. The topological polar surface area (TPSA) is 73.9 Å². The number of methoxy groups -OCH3 is 1. The fraction of sp³-hybridized carbons (Fsp3) is 0.304. The van der Waals surface area contributed by atoms with E-state index < -0.39 is 5.97 Å². The first-order chi connectivity index (χ1) is 14.6. The molecule has 0 fully saturated rings. The van der Waals surface area contributed by atoms with Gasteiger partial charge < -0.3 is 19.5 Å². The van der Waals surface area contributed by atoms with Gasteiger partial charge in [0.25, 0.3) is 5.91 Å². The van der Waals surface area contributed by atoms with Gasteiger partial charge in [-0.15, -0.1) is 11.8 Å². The second kappa shape index (κ2) is 13.3. The summed E-state index contributed by atoms with van der Waals surface area (Å²) in [5.41, 5.74) is 0.757. The summed E-state index contributed by atoms with van der Waals surface area (Å²) in [5.74, 6) is 1.22. The van der Waals surface area contributed by atoms with Crippen LogP contribution in [-0.2, 0) is 14.3 Å². The molecule has 1 amide bonds. The number of carbonyl (C=O) groups excluding carboxylic acids is 2. The highest BCUT2D eigenvalue weighted by molar-refractivity contribution is 7.99. The van der Waals surface area contributed by atoms with Gasteiger partial charge >= 0.3 is 5.97 Å². The molecular formula is C23H27NO5S. The van der Waals surface area contributed by atoms with Crippen molar-refractivity contribution in [1.82, 2.24) is 5.32 Å². The van der Waals surface area contributed by atoms with Gasteiger partial charge in [0, 0.05) is 17.5 Å². The Morgan fingerprint density at radius 3 is 2.63 bits per heavy atom. The van der Waals surface area contributed by atoms with Gasteiger partial charge in [0.1, 0.15) is 0 Å². The Morgan fingerprint density at radius 1 is 1.10 bits per heavy atom. The summed E-state index contributed by atoms with van der Waals surface area (Å²) < 4.78 is 15.7. The van der Waals surface area contributed by atoms with Crippen LogP contribution in [0.2, 0.25) is 0 Å². The lowest BCUT2D eigenvalue weighted by molar-refractivity contribution is -0.143. The first kappa shape index (κ1) is 23.3. The average Bonchev–Trinajstić information content (AvgIpc) is 2.77. The van der Waals surface area contributed by atoms with Crippen LogP contribution in [0.25, 0.3) is 6.08 Å². The molecule has 0 unspecified atom stereocenters. The monoisotopic (exact) mass is 429 g/mol. The van der Waals surface area contributed by atoms with E-state index in [-0.39, 0.29) is 12.5 Å². The molecule has 7 heteroatoms. The summed E-state index contributed by atoms with van der Waals surface area (Å²) in [6.07, 6.45) is 3.71. The van der Waals surface area contributed by atoms with Crippen LogP contribution in [0.3, 0.4) is 0 Å². The molecule has 0 aromatic heterocycles. The summed E-state index contributed by atoms with van der Waals surface area (Å²) in [4.78, 5) is 24.8. The second-order valence-electron chi connectivity index (χ2n) is 6.15. The van der Waals surface area contributed by atoms with Crippen molar-refractivity contribution in [3.05, 3.63) is 60.2 Å². The molecule has 0 saturated heterocycles. The summed E-state index contributed by atoms with van der Waals surface area (Å²) in [7, 11) is 1.55. The number of amides is 1. The number of benzene rings is 2. The van der Waals surface area contributed by atoms with Crippen LogP contribution in [0.5, 0.6) is 11.5 Å². The molecule has 160 valence electrons. The van der Waals surface area contributed by atoms with Crippen LogP contribution < -0.4 is 14.8 Å². The number of rotatable bonds is 12. The van der Waals surface area contributed by atoms with Crippen molar-refractivity contribution in [3.8, 4) is 11.5 Å². The number of ether oxygens (including phenoxy) is 3. The standard InChI is InChI=1S/C23H27NO5S/c1-3-28-20-12-10-18(16-21(20)27-2)11-13-23(26)29-17-22(25)24-14-7-15-30-19-8-5-4-6-9-19/h4-6,8-13,16H,3,7,14-15,17H2,1-2H3,(H,24,25)/b13-11+. The maximum absolute atomic E-state index is 11.8. The highest BCUT2D eigenvalue weighted by Gasteiger charge is 2.06. The van der Waals surface area contributed by atoms with Crippen LogP contribution in [0.1, 0.15) is 18.9 Å². The van der Waals surface area contributed by atoms with Gasteiger partial charge in [-0.3, -0.25) is 4.79 Å². The molecule has 1 N–H and O–H groups in total. The average molecular weight is 430 g/mol. The molecule has 0 aliphatic heterocycles. The zero-order valence-corrected chi connectivity index (χ0v) is 18.1. The molecule has 2 rings (SSSR count). The highest BCUT2D eigenvalue weighted by Crippen LogP contribution is 2.28. The molecule has 0 bridgehead atoms. The van der Waals surface area contributed by atoms with E-state index in [4.69, 9.17) is 14.2 Å². The van der Waals surface area contributed by atoms with E-state index in [0.29, 0.717) is 24.7 Å². The lowest BCUT2D eigenvalue weighted by Crippen LogP contribution is -2.29. The third-order valence-corrected chi connectivity index (χ3v) is 5.00. The first-order valence-electron chi connectivity index (χ1n) is 9.72. The van der Waals surface area contributed by atoms with Gasteiger partial charge in [0.15, 0.2) is 18.1 Å². The van der Waals surface area contributed by atoms with E-state index in [1.165, 1.54) is 11.0 Å². The third-order valence-electron chi connectivity index (χ3n) is 3.90. The summed E-state index contributed by atoms with van der Waals surface area (Å²) in [6, 6.07) is 15.4. The van der Waals surface area contributed by atoms with E-state index in [0.717, 1.165) is 17.7 Å². The Labute approximate surface area is 181 Å². The minimum atomic E-state index is -0.586. The Balaban J connectivity index is 1.65. The fourth-order valence-electron chi connectivity index (χ4n) is 2.47. The number of nitrogens with one attached hydrogen (secondary N) is 1. The lowest BCUT2D eigenvalue weighted by atomic mass is 10.2. The zero-order valence-electron chi connectivity index (χ0n) is 17.3. The fourth-order valence-corrected chi connectivity index (χ4v) is 3.34. The van der Waals surface area contributed by atoms with E-state index in [1.54, 1.807) is 43.1 Å². The Morgan fingerprint density at radius 2 is 1.90 bits per heavy atom. The summed E-state index contributed by atoms with van der Waals surface area (Å²) in [5, 5.41) is 2.75. The number of esters is 1. The van der Waals surface area contributed by atoms with Gasteiger partial charge in [-0.1, -0.05) is 24.3 Å². The quantitative estimate of drug-likeness (QED) is 0.238. The normalized spacial score (nSPS) is 10.6. The van der Waals surface area contributed by atoms with E-state index in [9.17, 15) is 9.59 Å². The van der Waals surface area contributed by atoms with Crippen molar-refractivity contribution in [2.24, 2.45) is 0 Å². The molecule has 6 nitrogen and oxygen atoms in total. The predicted molar refractivity (Wildman–Crippen MR) is 119 cm³/mol. The molecule has 0 radical (unpaired) electrons. The van der Waals surface area contributed by atoms with Crippen LogP contribution in [-0.4, -0.2) is 44.5 Å². The van der Waals surface area contributed by atoms with Crippen LogP contribution in [0, 0.1) is 0 Å². The summed E-state index contributed by atoms with van der Waals surface area (Å²) >= 11 is 1.74. The van der Waals surface area contributed by atoms with E-state index in [2.05, 4.69) is 17.4 Å². The molecule has 0 atom stereocenters. The molecular weight excluding hydrogens is 402 g/mol. The lowest BCUT2D eigenvalue weighted by Gasteiger charge is -2.09. The van der Waals surface area contributed by atoms with Crippen molar-refractivity contribution in [1.29, 1.82) is 0 Å². The molecule has 0 spiro atoms. The van der Waals surface area contributed by atoms with Crippen LogP contribution in [0.15, 0.2) is 59.5 Å². The zero-order chi connectivity index (χ0) is 21.6. The van der Waals surface area contributed by atoms with E-state index in [1.807, 2.05) is 25.1 Å². The number of hydrogen-bond acceptors (Lipinski definition) is 6. The smallest absolute Gasteiger partial charge is 0.331 e. The van der Waals surface area contributed by atoms with Gasteiger partial charge in [0.2, 0.25) is 0 Å². The predicted octanol–water partition coefficient (Wildman–Crippen LogP) is 3.95. The molecule has 0 saturated carbocycles. The molecule has 2 aromatic carbocycles. The number of hydrogen-bond donors (Lipinski definition) is 1. The molecule has 0 aliphatic carbocycles. The molecule has 0 aliphatic rings. The van der Waals surface area contributed by atoms with Crippen molar-refractivity contribution >= 4 is 29.7 Å². The second-order valence-corrected chi connectivity index (χ2v) is 7.32. The van der Waals surface area contributed by atoms with Gasteiger partial charge in [-0.25, -0.2) is 4.79 Å².